The van der Waals surface area contributed by atoms with Crippen molar-refractivity contribution >= 4 is 0 Å². The lowest BCUT2D eigenvalue weighted by Crippen LogP contribution is -2.51. The maximum absolute atomic E-state index is 11.1. The number of aliphatic hydroxyl groups excluding tert-OH is 1. The number of hydrogen-bond donors (Lipinski definition) is 1. The van der Waals surface area contributed by atoms with E-state index in [9.17, 15) is 5.11 Å². The zero-order chi connectivity index (χ0) is 14.6. The third-order valence-corrected chi connectivity index (χ3v) is 5.94. The Bertz CT molecular complexity index is 281. The van der Waals surface area contributed by atoms with Gasteiger partial charge < -0.3 is 9.84 Å². The average Bonchev–Trinajstić information content (AvgIpc) is 2.49. The van der Waals surface area contributed by atoms with Gasteiger partial charge in [-0.3, -0.25) is 0 Å². The zero-order valence-corrected chi connectivity index (χ0v) is 13.7. The Labute approximate surface area is 125 Å². The normalized spacial score (nSPS) is 40.5. The summed E-state index contributed by atoms with van der Waals surface area (Å²) >= 11 is 0. The molecule has 3 unspecified atom stereocenters. The molecular weight excluding hydrogens is 248 g/mol. The fourth-order valence-corrected chi connectivity index (χ4v) is 4.48. The monoisotopic (exact) mass is 282 g/mol. The largest absolute Gasteiger partial charge is 0.390 e. The van der Waals surface area contributed by atoms with Crippen molar-refractivity contribution in [3.05, 3.63) is 0 Å². The van der Waals surface area contributed by atoms with Crippen molar-refractivity contribution in [1.29, 1.82) is 0 Å². The van der Waals surface area contributed by atoms with Gasteiger partial charge in [-0.2, -0.15) is 0 Å². The molecule has 0 spiro atoms. The second-order valence-electron chi connectivity index (χ2n) is 7.33. The van der Waals surface area contributed by atoms with Crippen LogP contribution in [0.5, 0.6) is 0 Å². The Kier molecular flexibility index (Phi) is 5.92. The van der Waals surface area contributed by atoms with Crippen LogP contribution < -0.4 is 0 Å². The highest BCUT2D eigenvalue weighted by Gasteiger charge is 2.45. The van der Waals surface area contributed by atoms with Crippen LogP contribution in [0.1, 0.15) is 78.6 Å². The van der Waals surface area contributed by atoms with Crippen molar-refractivity contribution in [3.63, 3.8) is 0 Å². The number of aliphatic hydroxyl groups is 1. The molecule has 0 aromatic rings. The molecule has 0 heterocycles. The lowest BCUT2D eigenvalue weighted by atomic mass is 9.68. The number of ether oxygens (including phenoxy) is 1. The SMILES string of the molecule is CCOC1(C(O)C2CCCC(CC)C2)CCC(C)CC1. The molecule has 118 valence electrons. The number of rotatable bonds is 5. The van der Waals surface area contributed by atoms with Crippen molar-refractivity contribution in [3.8, 4) is 0 Å². The van der Waals surface area contributed by atoms with Crippen LogP contribution in [-0.2, 0) is 4.74 Å². The van der Waals surface area contributed by atoms with Gasteiger partial charge in [0.2, 0.25) is 0 Å². The second kappa shape index (κ2) is 7.26. The van der Waals surface area contributed by atoms with E-state index < -0.39 is 0 Å². The summed E-state index contributed by atoms with van der Waals surface area (Å²) in [7, 11) is 0. The van der Waals surface area contributed by atoms with Crippen LogP contribution in [0.2, 0.25) is 0 Å². The van der Waals surface area contributed by atoms with E-state index in [4.69, 9.17) is 4.74 Å². The molecule has 0 aliphatic heterocycles. The lowest BCUT2D eigenvalue weighted by molar-refractivity contribution is -0.166. The summed E-state index contributed by atoms with van der Waals surface area (Å²) in [6, 6.07) is 0. The van der Waals surface area contributed by atoms with E-state index in [2.05, 4.69) is 20.8 Å². The third-order valence-electron chi connectivity index (χ3n) is 5.94. The van der Waals surface area contributed by atoms with E-state index >= 15 is 0 Å². The van der Waals surface area contributed by atoms with Crippen LogP contribution in [-0.4, -0.2) is 23.4 Å². The smallest absolute Gasteiger partial charge is 0.0942 e. The summed E-state index contributed by atoms with van der Waals surface area (Å²) in [5.74, 6) is 2.09. The average molecular weight is 282 g/mol. The van der Waals surface area contributed by atoms with Crippen LogP contribution in [0, 0.1) is 17.8 Å². The molecule has 0 aromatic carbocycles. The summed E-state index contributed by atoms with van der Waals surface area (Å²) in [5.41, 5.74) is -0.235. The first-order valence-electron chi connectivity index (χ1n) is 8.93. The molecular formula is C18H34O2. The molecule has 0 bridgehead atoms. The molecule has 2 saturated carbocycles. The minimum absolute atomic E-state index is 0.235. The van der Waals surface area contributed by atoms with Crippen LogP contribution >= 0.6 is 0 Å². The topological polar surface area (TPSA) is 29.5 Å². The van der Waals surface area contributed by atoms with Crippen LogP contribution in [0.4, 0.5) is 0 Å². The predicted octanol–water partition coefficient (Wildman–Crippen LogP) is 4.55. The molecule has 0 saturated heterocycles. The van der Waals surface area contributed by atoms with Gasteiger partial charge in [-0.25, -0.2) is 0 Å². The highest BCUT2D eigenvalue weighted by Crippen LogP contribution is 2.43. The van der Waals surface area contributed by atoms with Crippen molar-refractivity contribution in [2.45, 2.75) is 90.3 Å². The van der Waals surface area contributed by atoms with Crippen molar-refractivity contribution in [2.75, 3.05) is 6.61 Å². The summed E-state index contributed by atoms with van der Waals surface area (Å²) in [6.45, 7) is 7.42. The maximum Gasteiger partial charge on any atom is 0.0942 e. The van der Waals surface area contributed by atoms with E-state index in [0.29, 0.717) is 5.92 Å². The molecule has 2 aliphatic rings. The van der Waals surface area contributed by atoms with Gasteiger partial charge in [0.1, 0.15) is 0 Å². The van der Waals surface area contributed by atoms with Crippen molar-refractivity contribution in [2.24, 2.45) is 17.8 Å². The van der Waals surface area contributed by atoms with E-state index in [-0.39, 0.29) is 11.7 Å². The molecule has 0 aromatic heterocycles. The van der Waals surface area contributed by atoms with Crippen LogP contribution in [0.3, 0.4) is 0 Å². The van der Waals surface area contributed by atoms with Gasteiger partial charge in [0.05, 0.1) is 11.7 Å². The molecule has 2 heteroatoms. The zero-order valence-electron chi connectivity index (χ0n) is 13.7. The molecule has 2 fully saturated rings. The summed E-state index contributed by atoms with van der Waals surface area (Å²) in [6.07, 6.45) is 10.6. The van der Waals surface area contributed by atoms with Gasteiger partial charge in [0.15, 0.2) is 0 Å². The second-order valence-corrected chi connectivity index (χ2v) is 7.33. The van der Waals surface area contributed by atoms with Crippen molar-refractivity contribution < 1.29 is 9.84 Å². The van der Waals surface area contributed by atoms with Crippen LogP contribution in [0.25, 0.3) is 0 Å². The summed E-state index contributed by atoms with van der Waals surface area (Å²) in [5, 5.41) is 11.1. The first kappa shape index (κ1) is 16.3. The van der Waals surface area contributed by atoms with E-state index in [1.54, 1.807) is 0 Å². The lowest BCUT2D eigenvalue weighted by Gasteiger charge is -2.46. The van der Waals surface area contributed by atoms with Crippen molar-refractivity contribution in [1.82, 2.24) is 0 Å². The number of hydrogen-bond acceptors (Lipinski definition) is 2. The molecule has 2 aliphatic carbocycles. The van der Waals surface area contributed by atoms with Crippen LogP contribution in [0.15, 0.2) is 0 Å². The Hall–Kier alpha value is -0.0800. The summed E-state index contributed by atoms with van der Waals surface area (Å²) < 4.78 is 6.15. The molecule has 2 nitrogen and oxygen atoms in total. The molecule has 2 rings (SSSR count). The fraction of sp³-hybridized carbons (Fsp3) is 1.00. The van der Waals surface area contributed by atoms with Gasteiger partial charge in [-0.1, -0.05) is 33.1 Å². The quantitative estimate of drug-likeness (QED) is 0.801. The minimum atomic E-state index is -0.246. The van der Waals surface area contributed by atoms with Gasteiger partial charge in [-0.05, 0) is 63.2 Å². The van der Waals surface area contributed by atoms with Gasteiger partial charge in [0.25, 0.3) is 0 Å². The Morgan fingerprint density at radius 2 is 1.85 bits per heavy atom. The van der Waals surface area contributed by atoms with Gasteiger partial charge in [0, 0.05) is 6.61 Å². The van der Waals surface area contributed by atoms with E-state index in [0.717, 1.165) is 31.3 Å². The standard InChI is InChI=1S/C18H34O2/c1-4-15-7-6-8-16(13-15)17(19)18(20-5-2)11-9-14(3)10-12-18/h14-17,19H,4-13H2,1-3H3. The fourth-order valence-electron chi connectivity index (χ4n) is 4.48. The first-order valence-corrected chi connectivity index (χ1v) is 8.93. The van der Waals surface area contributed by atoms with Gasteiger partial charge in [-0.15, -0.1) is 0 Å². The predicted molar refractivity (Wildman–Crippen MR) is 83.7 cm³/mol. The molecule has 20 heavy (non-hydrogen) atoms. The first-order chi connectivity index (χ1) is 9.61. The minimum Gasteiger partial charge on any atom is -0.390 e. The van der Waals surface area contributed by atoms with E-state index in [1.165, 1.54) is 44.9 Å². The Morgan fingerprint density at radius 3 is 2.45 bits per heavy atom. The Balaban J connectivity index is 2.04. The molecule has 3 atom stereocenters. The molecule has 0 amide bonds. The van der Waals surface area contributed by atoms with E-state index in [1.807, 2.05) is 0 Å². The Morgan fingerprint density at radius 1 is 1.15 bits per heavy atom. The maximum atomic E-state index is 11.1. The molecule has 1 N–H and O–H groups in total. The third kappa shape index (κ3) is 3.57. The highest BCUT2D eigenvalue weighted by molar-refractivity contribution is 4.96. The van der Waals surface area contributed by atoms with Gasteiger partial charge >= 0.3 is 0 Å². The molecule has 0 radical (unpaired) electrons. The highest BCUT2D eigenvalue weighted by atomic mass is 16.5. The summed E-state index contributed by atoms with van der Waals surface area (Å²) in [4.78, 5) is 0.